The van der Waals surface area contributed by atoms with Crippen molar-refractivity contribution in [3.63, 3.8) is 0 Å². The molecule has 0 saturated carbocycles. The fourth-order valence-corrected chi connectivity index (χ4v) is 3.46. The SMILES string of the molecule is Cc1cccc(C(=O)NCc2nnc(SCC(=O)Nc3cccc(F)c3C)n2C)c1. The second-order valence-electron chi connectivity index (χ2n) is 6.76. The van der Waals surface area contributed by atoms with Gasteiger partial charge in [0.2, 0.25) is 5.91 Å². The number of benzene rings is 2. The second kappa shape index (κ2) is 9.53. The summed E-state index contributed by atoms with van der Waals surface area (Å²) in [6.07, 6.45) is 0. The van der Waals surface area contributed by atoms with Gasteiger partial charge in [0.15, 0.2) is 11.0 Å². The minimum atomic E-state index is -0.369. The average molecular weight is 428 g/mol. The fourth-order valence-electron chi connectivity index (χ4n) is 2.73. The van der Waals surface area contributed by atoms with Crippen LogP contribution in [0, 0.1) is 19.7 Å². The minimum absolute atomic E-state index is 0.0948. The van der Waals surface area contributed by atoms with Crippen molar-refractivity contribution in [1.82, 2.24) is 20.1 Å². The number of nitrogens with zero attached hydrogens (tertiary/aromatic N) is 3. The van der Waals surface area contributed by atoms with Crippen molar-refractivity contribution in [2.24, 2.45) is 7.05 Å². The number of carbonyl (C=O) groups excluding carboxylic acids is 2. The molecule has 1 heterocycles. The molecule has 7 nitrogen and oxygen atoms in total. The van der Waals surface area contributed by atoms with E-state index in [-0.39, 0.29) is 29.9 Å². The summed E-state index contributed by atoms with van der Waals surface area (Å²) in [5.74, 6) is -0.171. The number of carbonyl (C=O) groups is 2. The highest BCUT2D eigenvalue weighted by molar-refractivity contribution is 7.99. The molecule has 2 aromatic carbocycles. The quantitative estimate of drug-likeness (QED) is 0.565. The number of aromatic nitrogens is 3. The average Bonchev–Trinajstić information content (AvgIpc) is 3.07. The molecule has 0 atom stereocenters. The van der Waals surface area contributed by atoms with Crippen molar-refractivity contribution in [1.29, 1.82) is 0 Å². The molecular formula is C21H22FN5O2S. The number of rotatable bonds is 7. The van der Waals surface area contributed by atoms with Crippen LogP contribution >= 0.6 is 11.8 Å². The van der Waals surface area contributed by atoms with E-state index >= 15 is 0 Å². The van der Waals surface area contributed by atoms with Gasteiger partial charge in [-0.15, -0.1) is 10.2 Å². The Morgan fingerprint density at radius 2 is 1.90 bits per heavy atom. The van der Waals surface area contributed by atoms with E-state index in [1.165, 1.54) is 17.8 Å². The smallest absolute Gasteiger partial charge is 0.251 e. The number of aryl methyl sites for hydroxylation is 1. The van der Waals surface area contributed by atoms with Gasteiger partial charge in [-0.25, -0.2) is 4.39 Å². The third kappa shape index (κ3) is 5.24. The maximum absolute atomic E-state index is 13.6. The summed E-state index contributed by atoms with van der Waals surface area (Å²) in [4.78, 5) is 24.5. The Labute approximate surface area is 178 Å². The zero-order valence-electron chi connectivity index (χ0n) is 16.9. The molecule has 0 aliphatic heterocycles. The van der Waals surface area contributed by atoms with E-state index in [0.717, 1.165) is 5.56 Å². The van der Waals surface area contributed by atoms with Crippen LogP contribution in [0.1, 0.15) is 27.3 Å². The van der Waals surface area contributed by atoms with Crippen molar-refractivity contribution in [3.8, 4) is 0 Å². The van der Waals surface area contributed by atoms with E-state index < -0.39 is 0 Å². The third-order valence-corrected chi connectivity index (χ3v) is 5.51. The van der Waals surface area contributed by atoms with Crippen LogP contribution in [0.25, 0.3) is 0 Å². The molecule has 3 rings (SSSR count). The van der Waals surface area contributed by atoms with E-state index in [1.54, 1.807) is 36.7 Å². The normalized spacial score (nSPS) is 10.7. The topological polar surface area (TPSA) is 88.9 Å². The third-order valence-electron chi connectivity index (χ3n) is 4.49. The highest BCUT2D eigenvalue weighted by Crippen LogP contribution is 2.19. The molecule has 0 radical (unpaired) electrons. The molecule has 0 fully saturated rings. The molecule has 1 aromatic heterocycles. The lowest BCUT2D eigenvalue weighted by Gasteiger charge is -2.09. The fraction of sp³-hybridized carbons (Fsp3) is 0.238. The van der Waals surface area contributed by atoms with E-state index in [9.17, 15) is 14.0 Å². The Kier molecular flexibility index (Phi) is 6.83. The maximum atomic E-state index is 13.6. The van der Waals surface area contributed by atoms with E-state index in [0.29, 0.717) is 27.8 Å². The van der Waals surface area contributed by atoms with E-state index in [1.807, 2.05) is 25.1 Å². The molecule has 2 amide bonds. The lowest BCUT2D eigenvalue weighted by Crippen LogP contribution is -2.24. The second-order valence-corrected chi connectivity index (χ2v) is 7.70. The molecule has 0 bridgehead atoms. The Morgan fingerprint density at radius 1 is 1.13 bits per heavy atom. The summed E-state index contributed by atoms with van der Waals surface area (Å²) in [7, 11) is 1.77. The maximum Gasteiger partial charge on any atom is 0.251 e. The molecule has 0 unspecified atom stereocenters. The molecule has 30 heavy (non-hydrogen) atoms. The molecule has 0 aliphatic rings. The van der Waals surface area contributed by atoms with Crippen LogP contribution in [-0.2, 0) is 18.4 Å². The van der Waals surface area contributed by atoms with Crippen molar-refractivity contribution >= 4 is 29.3 Å². The van der Waals surface area contributed by atoms with Crippen LogP contribution in [0.2, 0.25) is 0 Å². The number of amides is 2. The predicted molar refractivity (Wildman–Crippen MR) is 114 cm³/mol. The Hall–Kier alpha value is -3.20. The zero-order chi connectivity index (χ0) is 21.7. The van der Waals surface area contributed by atoms with Gasteiger partial charge in [0.25, 0.3) is 5.91 Å². The van der Waals surface area contributed by atoms with Gasteiger partial charge in [0, 0.05) is 23.9 Å². The summed E-state index contributed by atoms with van der Waals surface area (Å²) < 4.78 is 15.3. The van der Waals surface area contributed by atoms with Gasteiger partial charge >= 0.3 is 0 Å². The van der Waals surface area contributed by atoms with Crippen LogP contribution in [0.3, 0.4) is 0 Å². The molecule has 0 aliphatic carbocycles. The van der Waals surface area contributed by atoms with Crippen molar-refractivity contribution in [2.75, 3.05) is 11.1 Å². The standard InChI is InChI=1S/C21H22FN5O2S/c1-13-6-4-7-15(10-13)20(29)23-11-18-25-26-21(27(18)3)30-12-19(28)24-17-9-5-8-16(22)14(17)2/h4-10H,11-12H2,1-3H3,(H,23,29)(H,24,28). The lowest BCUT2D eigenvalue weighted by atomic mass is 10.1. The summed E-state index contributed by atoms with van der Waals surface area (Å²) in [6, 6.07) is 11.9. The zero-order valence-corrected chi connectivity index (χ0v) is 17.7. The van der Waals surface area contributed by atoms with Crippen LogP contribution in [0.4, 0.5) is 10.1 Å². The van der Waals surface area contributed by atoms with Gasteiger partial charge in [-0.1, -0.05) is 35.5 Å². The first-order valence-electron chi connectivity index (χ1n) is 9.26. The molecule has 3 aromatic rings. The van der Waals surface area contributed by atoms with E-state index in [2.05, 4.69) is 20.8 Å². The first-order valence-corrected chi connectivity index (χ1v) is 10.2. The van der Waals surface area contributed by atoms with Crippen LogP contribution in [0.5, 0.6) is 0 Å². The van der Waals surface area contributed by atoms with Gasteiger partial charge < -0.3 is 15.2 Å². The lowest BCUT2D eigenvalue weighted by molar-refractivity contribution is -0.113. The van der Waals surface area contributed by atoms with Gasteiger partial charge in [-0.3, -0.25) is 9.59 Å². The van der Waals surface area contributed by atoms with Crippen molar-refractivity contribution < 1.29 is 14.0 Å². The predicted octanol–water partition coefficient (Wildman–Crippen LogP) is 3.23. The Balaban J connectivity index is 1.54. The van der Waals surface area contributed by atoms with Gasteiger partial charge in [-0.2, -0.15) is 0 Å². The molecule has 9 heteroatoms. The number of hydrogen-bond donors (Lipinski definition) is 2. The summed E-state index contributed by atoms with van der Waals surface area (Å²) in [6.45, 7) is 3.75. The highest BCUT2D eigenvalue weighted by Gasteiger charge is 2.14. The molecule has 0 saturated heterocycles. The Morgan fingerprint density at radius 3 is 2.67 bits per heavy atom. The molecule has 156 valence electrons. The Bertz CT molecular complexity index is 1080. The van der Waals surface area contributed by atoms with Crippen LogP contribution in [-0.4, -0.2) is 32.3 Å². The van der Waals surface area contributed by atoms with E-state index in [4.69, 9.17) is 0 Å². The van der Waals surface area contributed by atoms with Crippen LogP contribution in [0.15, 0.2) is 47.6 Å². The number of anilines is 1. The highest BCUT2D eigenvalue weighted by atomic mass is 32.2. The number of nitrogens with one attached hydrogen (secondary N) is 2. The number of thioether (sulfide) groups is 1. The van der Waals surface area contributed by atoms with Crippen LogP contribution < -0.4 is 10.6 Å². The van der Waals surface area contributed by atoms with Gasteiger partial charge in [-0.05, 0) is 38.1 Å². The molecular weight excluding hydrogens is 405 g/mol. The number of halogens is 1. The first kappa shape index (κ1) is 21.5. The monoisotopic (exact) mass is 427 g/mol. The first-order chi connectivity index (χ1) is 14.3. The summed E-state index contributed by atoms with van der Waals surface area (Å²) in [5, 5.41) is 14.2. The summed E-state index contributed by atoms with van der Waals surface area (Å²) in [5.41, 5.74) is 2.42. The minimum Gasteiger partial charge on any atom is -0.345 e. The van der Waals surface area contributed by atoms with Crippen molar-refractivity contribution in [2.45, 2.75) is 25.5 Å². The van der Waals surface area contributed by atoms with Gasteiger partial charge in [0.1, 0.15) is 5.82 Å². The summed E-state index contributed by atoms with van der Waals surface area (Å²) >= 11 is 1.21. The van der Waals surface area contributed by atoms with Gasteiger partial charge in [0.05, 0.1) is 12.3 Å². The molecule has 2 N–H and O–H groups in total. The molecule has 0 spiro atoms. The van der Waals surface area contributed by atoms with Crippen molar-refractivity contribution in [3.05, 3.63) is 70.8 Å². The number of hydrogen-bond acceptors (Lipinski definition) is 5. The largest absolute Gasteiger partial charge is 0.345 e.